The van der Waals surface area contributed by atoms with Crippen LogP contribution in [0.15, 0.2) is 6.07 Å². The molecule has 1 heterocycles. The van der Waals surface area contributed by atoms with E-state index in [4.69, 9.17) is 11.6 Å². The molecule has 0 aromatic carbocycles. The van der Waals surface area contributed by atoms with Gasteiger partial charge in [-0.3, -0.25) is 0 Å². The standard InChI is InChI=1S/C8H5ClF5N/c1-3-2-4(9)5(7(10)11)15-6(3)8(12,13)14/h2,7H,1H3. The Bertz CT molecular complexity index is 374. The summed E-state index contributed by atoms with van der Waals surface area (Å²) in [6.07, 6.45) is -7.88. The Labute approximate surface area is 86.9 Å². The van der Waals surface area contributed by atoms with Gasteiger partial charge in [0.25, 0.3) is 6.43 Å². The lowest BCUT2D eigenvalue weighted by atomic mass is 10.2. The molecule has 0 spiro atoms. The molecule has 0 bridgehead atoms. The second kappa shape index (κ2) is 3.92. The fourth-order valence-electron chi connectivity index (χ4n) is 1.03. The van der Waals surface area contributed by atoms with Crippen LogP contribution < -0.4 is 0 Å². The highest BCUT2D eigenvalue weighted by molar-refractivity contribution is 6.31. The van der Waals surface area contributed by atoms with Crippen LogP contribution in [-0.4, -0.2) is 4.98 Å². The van der Waals surface area contributed by atoms with Crippen LogP contribution >= 0.6 is 11.6 Å². The Morgan fingerprint density at radius 1 is 1.33 bits per heavy atom. The molecular weight excluding hydrogens is 241 g/mol. The zero-order chi connectivity index (χ0) is 11.8. The summed E-state index contributed by atoms with van der Waals surface area (Å²) in [5, 5.41) is -0.462. The third kappa shape index (κ3) is 2.56. The first kappa shape index (κ1) is 12.2. The molecule has 1 aromatic rings. The Hall–Kier alpha value is -0.910. The van der Waals surface area contributed by atoms with Crippen LogP contribution in [0.3, 0.4) is 0 Å². The van der Waals surface area contributed by atoms with Gasteiger partial charge >= 0.3 is 6.18 Å². The van der Waals surface area contributed by atoms with Gasteiger partial charge in [0.15, 0.2) is 0 Å². The van der Waals surface area contributed by atoms with Gasteiger partial charge in [0.05, 0.1) is 5.02 Å². The molecule has 0 aliphatic heterocycles. The first-order chi connectivity index (χ1) is 6.73. The highest BCUT2D eigenvalue weighted by Crippen LogP contribution is 2.34. The van der Waals surface area contributed by atoms with E-state index in [1.807, 2.05) is 0 Å². The van der Waals surface area contributed by atoms with Crippen LogP contribution in [-0.2, 0) is 6.18 Å². The van der Waals surface area contributed by atoms with Crippen molar-refractivity contribution in [3.8, 4) is 0 Å². The fourth-order valence-corrected chi connectivity index (χ4v) is 1.32. The number of pyridine rings is 1. The van der Waals surface area contributed by atoms with E-state index in [9.17, 15) is 22.0 Å². The molecule has 0 aliphatic rings. The van der Waals surface area contributed by atoms with Crippen LogP contribution in [0.5, 0.6) is 0 Å². The fraction of sp³-hybridized carbons (Fsp3) is 0.375. The van der Waals surface area contributed by atoms with Gasteiger partial charge in [0.1, 0.15) is 11.4 Å². The van der Waals surface area contributed by atoms with Crippen molar-refractivity contribution in [1.82, 2.24) is 4.98 Å². The average molecular weight is 246 g/mol. The topological polar surface area (TPSA) is 12.9 Å². The van der Waals surface area contributed by atoms with Gasteiger partial charge in [-0.15, -0.1) is 0 Å². The molecule has 0 fully saturated rings. The smallest absolute Gasteiger partial charge is 0.240 e. The molecular formula is C8H5ClF5N. The van der Waals surface area contributed by atoms with E-state index in [1.165, 1.54) is 0 Å². The van der Waals surface area contributed by atoms with Gasteiger partial charge in [-0.25, -0.2) is 13.8 Å². The minimum absolute atomic E-state index is 0.281. The molecule has 0 radical (unpaired) electrons. The molecule has 1 nitrogen and oxygen atoms in total. The van der Waals surface area contributed by atoms with E-state index in [0.29, 0.717) is 0 Å². The van der Waals surface area contributed by atoms with Gasteiger partial charge in [0.2, 0.25) is 0 Å². The molecule has 0 atom stereocenters. The van der Waals surface area contributed by atoms with E-state index in [2.05, 4.69) is 4.98 Å². The molecule has 84 valence electrons. The lowest BCUT2D eigenvalue weighted by Crippen LogP contribution is -2.12. The van der Waals surface area contributed by atoms with Crippen molar-refractivity contribution in [1.29, 1.82) is 0 Å². The highest BCUT2D eigenvalue weighted by atomic mass is 35.5. The number of hydrogen-bond donors (Lipinski definition) is 0. The van der Waals surface area contributed by atoms with Crippen LogP contribution in [0.1, 0.15) is 23.4 Å². The van der Waals surface area contributed by atoms with Gasteiger partial charge in [-0.2, -0.15) is 13.2 Å². The van der Waals surface area contributed by atoms with Crippen molar-refractivity contribution in [3.63, 3.8) is 0 Å². The van der Waals surface area contributed by atoms with E-state index in [0.717, 1.165) is 13.0 Å². The highest BCUT2D eigenvalue weighted by Gasteiger charge is 2.36. The lowest BCUT2D eigenvalue weighted by molar-refractivity contribution is -0.141. The van der Waals surface area contributed by atoms with E-state index < -0.39 is 29.0 Å². The van der Waals surface area contributed by atoms with E-state index in [-0.39, 0.29) is 5.56 Å². The molecule has 0 unspecified atom stereocenters. The molecule has 0 aliphatic carbocycles. The van der Waals surface area contributed by atoms with E-state index in [1.54, 1.807) is 0 Å². The molecule has 1 rings (SSSR count). The summed E-state index contributed by atoms with van der Waals surface area (Å²) in [5.74, 6) is 0. The third-order valence-electron chi connectivity index (χ3n) is 1.67. The maximum Gasteiger partial charge on any atom is 0.433 e. The normalized spacial score (nSPS) is 12.3. The van der Waals surface area contributed by atoms with Crippen LogP contribution in [0.4, 0.5) is 22.0 Å². The van der Waals surface area contributed by atoms with Gasteiger partial charge in [0, 0.05) is 0 Å². The van der Waals surface area contributed by atoms with Crippen molar-refractivity contribution in [3.05, 3.63) is 28.0 Å². The van der Waals surface area contributed by atoms with Gasteiger partial charge in [-0.1, -0.05) is 11.6 Å². The Kier molecular flexibility index (Phi) is 3.18. The van der Waals surface area contributed by atoms with E-state index >= 15 is 0 Å². The van der Waals surface area contributed by atoms with Crippen LogP contribution in [0.2, 0.25) is 5.02 Å². The van der Waals surface area contributed by atoms with Gasteiger partial charge < -0.3 is 0 Å². The number of nitrogens with zero attached hydrogens (tertiary/aromatic N) is 1. The van der Waals surface area contributed by atoms with Crippen molar-refractivity contribution in [2.24, 2.45) is 0 Å². The second-order valence-corrected chi connectivity index (χ2v) is 3.23. The zero-order valence-electron chi connectivity index (χ0n) is 7.37. The molecule has 7 heteroatoms. The summed E-state index contributed by atoms with van der Waals surface area (Å²) >= 11 is 5.34. The van der Waals surface area contributed by atoms with Crippen LogP contribution in [0.25, 0.3) is 0 Å². The Morgan fingerprint density at radius 3 is 2.27 bits per heavy atom. The summed E-state index contributed by atoms with van der Waals surface area (Å²) in [4.78, 5) is 2.84. The quantitative estimate of drug-likeness (QED) is 0.682. The van der Waals surface area contributed by atoms with Crippen molar-refractivity contribution >= 4 is 11.6 Å². The van der Waals surface area contributed by atoms with Crippen LogP contribution in [0, 0.1) is 6.92 Å². The molecule has 0 saturated heterocycles. The third-order valence-corrected chi connectivity index (χ3v) is 1.97. The number of hydrogen-bond acceptors (Lipinski definition) is 1. The van der Waals surface area contributed by atoms with Crippen molar-refractivity contribution in [2.45, 2.75) is 19.5 Å². The summed E-state index contributed by atoms with van der Waals surface area (Å²) in [5.41, 5.74) is -2.66. The minimum atomic E-state index is -4.75. The maximum absolute atomic E-state index is 12.3. The number of aromatic nitrogens is 1. The van der Waals surface area contributed by atoms with Crippen molar-refractivity contribution < 1.29 is 22.0 Å². The molecule has 0 N–H and O–H groups in total. The first-order valence-corrected chi connectivity index (χ1v) is 4.13. The molecule has 15 heavy (non-hydrogen) atoms. The Morgan fingerprint density at radius 2 is 1.87 bits per heavy atom. The molecule has 0 saturated carbocycles. The minimum Gasteiger partial charge on any atom is -0.240 e. The number of halogens is 6. The summed E-state index contributed by atoms with van der Waals surface area (Å²) in [6.45, 7) is 1.11. The predicted octanol–water partition coefficient (Wildman–Crippen LogP) is 4.00. The zero-order valence-corrected chi connectivity index (χ0v) is 8.13. The summed E-state index contributed by atoms with van der Waals surface area (Å²) < 4.78 is 61.2. The largest absolute Gasteiger partial charge is 0.433 e. The monoisotopic (exact) mass is 245 g/mol. The first-order valence-electron chi connectivity index (χ1n) is 3.76. The van der Waals surface area contributed by atoms with Crippen molar-refractivity contribution in [2.75, 3.05) is 0 Å². The maximum atomic E-state index is 12.3. The summed E-state index contributed by atoms with van der Waals surface area (Å²) in [6, 6.07) is 0.832. The Balaban J connectivity index is 3.37. The lowest BCUT2D eigenvalue weighted by Gasteiger charge is -2.11. The predicted molar refractivity (Wildman–Crippen MR) is 43.9 cm³/mol. The van der Waals surface area contributed by atoms with Gasteiger partial charge in [-0.05, 0) is 18.6 Å². The molecule has 0 amide bonds. The number of aryl methyl sites for hydroxylation is 1. The summed E-state index contributed by atoms with van der Waals surface area (Å²) in [7, 11) is 0. The molecule has 1 aromatic heterocycles. The average Bonchev–Trinajstić information content (AvgIpc) is 2.00. The number of rotatable bonds is 1. The SMILES string of the molecule is Cc1cc(Cl)c(C(F)F)nc1C(F)(F)F. The number of alkyl halides is 5. The second-order valence-electron chi connectivity index (χ2n) is 2.82.